The van der Waals surface area contributed by atoms with Crippen LogP contribution in [0.2, 0.25) is 5.02 Å². The van der Waals surface area contributed by atoms with Crippen molar-refractivity contribution in [2.75, 3.05) is 5.73 Å². The average molecular weight is 277 g/mol. The molecular weight excluding hydrogens is 267 g/mol. The summed E-state index contributed by atoms with van der Waals surface area (Å²) in [5, 5.41) is 0.259. The minimum absolute atomic E-state index is 0.153. The molecule has 0 atom stereocenters. The molecule has 19 heavy (non-hydrogen) atoms. The van der Waals surface area contributed by atoms with Gasteiger partial charge in [0.25, 0.3) is 0 Å². The number of nitrogen functional groups attached to an aromatic ring is 1. The number of pyridine rings is 1. The van der Waals surface area contributed by atoms with E-state index in [1.54, 1.807) is 12.1 Å². The van der Waals surface area contributed by atoms with Crippen LogP contribution in [-0.2, 0) is 0 Å². The molecular formula is C13H10ClFN4. The lowest BCUT2D eigenvalue weighted by Gasteiger charge is -2.09. The molecule has 6 heteroatoms. The van der Waals surface area contributed by atoms with Gasteiger partial charge in [-0.25, -0.2) is 14.4 Å². The van der Waals surface area contributed by atoms with Gasteiger partial charge < -0.3 is 5.73 Å². The Morgan fingerprint density at radius 2 is 2.00 bits per heavy atom. The number of nitrogens with two attached hydrogens (primary N) is 1. The van der Waals surface area contributed by atoms with E-state index in [9.17, 15) is 4.39 Å². The molecule has 0 saturated carbocycles. The van der Waals surface area contributed by atoms with Crippen LogP contribution in [0.15, 0.2) is 30.3 Å². The topological polar surface area (TPSA) is 56.7 Å². The largest absolute Gasteiger partial charge is 0.369 e. The van der Waals surface area contributed by atoms with E-state index < -0.39 is 5.82 Å². The second-order valence-electron chi connectivity index (χ2n) is 4.17. The third kappa shape index (κ3) is 1.82. The number of imidazole rings is 1. The Morgan fingerprint density at radius 1 is 1.21 bits per heavy atom. The van der Waals surface area contributed by atoms with Gasteiger partial charge in [0.1, 0.15) is 17.0 Å². The molecule has 3 rings (SSSR count). The number of aromatic nitrogens is 3. The summed E-state index contributed by atoms with van der Waals surface area (Å²) in [6.45, 7) is 1.84. The van der Waals surface area contributed by atoms with Crippen molar-refractivity contribution < 1.29 is 4.39 Å². The molecule has 0 radical (unpaired) electrons. The van der Waals surface area contributed by atoms with Crippen LogP contribution in [0.5, 0.6) is 0 Å². The van der Waals surface area contributed by atoms with Crippen molar-refractivity contribution in [2.24, 2.45) is 0 Å². The fourth-order valence-electron chi connectivity index (χ4n) is 1.99. The van der Waals surface area contributed by atoms with Gasteiger partial charge in [-0.3, -0.25) is 4.57 Å². The summed E-state index contributed by atoms with van der Waals surface area (Å²) in [4.78, 5) is 8.52. The summed E-state index contributed by atoms with van der Waals surface area (Å²) in [5.41, 5.74) is 7.91. The van der Waals surface area contributed by atoms with E-state index in [4.69, 9.17) is 17.3 Å². The Hall–Kier alpha value is -2.14. The number of halogens is 2. The van der Waals surface area contributed by atoms with Crippen LogP contribution >= 0.6 is 11.6 Å². The molecule has 0 saturated heterocycles. The number of nitrogens with zero attached hydrogens (tertiary/aromatic N) is 3. The van der Waals surface area contributed by atoms with Gasteiger partial charge >= 0.3 is 0 Å². The van der Waals surface area contributed by atoms with Crippen LogP contribution in [-0.4, -0.2) is 14.5 Å². The molecule has 0 amide bonds. The molecule has 0 fully saturated rings. The van der Waals surface area contributed by atoms with Gasteiger partial charge in [-0.05, 0) is 31.2 Å². The Labute approximate surface area is 113 Å². The number of benzene rings is 1. The van der Waals surface area contributed by atoms with Gasteiger partial charge in [0, 0.05) is 5.69 Å². The zero-order valence-corrected chi connectivity index (χ0v) is 10.8. The van der Waals surface area contributed by atoms with E-state index in [0.717, 1.165) is 5.69 Å². The normalized spacial score (nSPS) is 11.1. The standard InChI is InChI=1S/C13H10ClFN4/c1-7-5-6-10-12(17-7)19(13(16)18-10)11-8(14)3-2-4-9(11)15/h2-6H,1H3,(H2,16,18). The van der Waals surface area contributed by atoms with Crippen LogP contribution in [0, 0.1) is 12.7 Å². The van der Waals surface area contributed by atoms with Crippen LogP contribution in [0.1, 0.15) is 5.69 Å². The quantitative estimate of drug-likeness (QED) is 0.743. The van der Waals surface area contributed by atoms with Gasteiger partial charge in [0.15, 0.2) is 5.65 Å². The Kier molecular flexibility index (Phi) is 2.64. The van der Waals surface area contributed by atoms with Crippen molar-refractivity contribution in [3.63, 3.8) is 0 Å². The predicted octanol–water partition coefficient (Wildman–Crippen LogP) is 3.10. The van der Waals surface area contributed by atoms with Gasteiger partial charge in [-0.15, -0.1) is 0 Å². The molecule has 2 aromatic heterocycles. The van der Waals surface area contributed by atoms with Crippen LogP contribution < -0.4 is 5.73 Å². The molecule has 0 aliphatic heterocycles. The van der Waals surface area contributed by atoms with E-state index in [2.05, 4.69) is 9.97 Å². The van der Waals surface area contributed by atoms with Gasteiger partial charge in [0.05, 0.1) is 5.02 Å². The number of hydrogen-bond donors (Lipinski definition) is 1. The Balaban J connectivity index is 2.42. The summed E-state index contributed by atoms with van der Waals surface area (Å²) < 4.78 is 15.4. The molecule has 0 aliphatic rings. The first-order valence-corrected chi connectivity index (χ1v) is 6.01. The molecule has 2 heterocycles. The van der Waals surface area contributed by atoms with E-state index in [1.807, 2.05) is 13.0 Å². The van der Waals surface area contributed by atoms with Crippen molar-refractivity contribution in [1.29, 1.82) is 0 Å². The van der Waals surface area contributed by atoms with E-state index in [-0.39, 0.29) is 16.7 Å². The summed E-state index contributed by atoms with van der Waals surface area (Å²) in [6, 6.07) is 8.07. The van der Waals surface area contributed by atoms with Crippen LogP contribution in [0.25, 0.3) is 16.9 Å². The Morgan fingerprint density at radius 3 is 2.74 bits per heavy atom. The third-order valence-corrected chi connectivity index (χ3v) is 3.14. The first-order valence-electron chi connectivity index (χ1n) is 5.64. The predicted molar refractivity (Wildman–Crippen MR) is 73.0 cm³/mol. The van der Waals surface area contributed by atoms with Crippen molar-refractivity contribution in [2.45, 2.75) is 6.92 Å². The van der Waals surface area contributed by atoms with Crippen molar-refractivity contribution in [3.05, 3.63) is 46.9 Å². The Bertz CT molecular complexity index is 761. The average Bonchev–Trinajstić information content (AvgIpc) is 2.66. The van der Waals surface area contributed by atoms with Crippen LogP contribution in [0.3, 0.4) is 0 Å². The number of aryl methyl sites for hydroxylation is 1. The SMILES string of the molecule is Cc1ccc2nc(N)n(-c3c(F)cccc3Cl)c2n1. The first-order chi connectivity index (χ1) is 9.08. The van der Waals surface area contributed by atoms with E-state index >= 15 is 0 Å². The maximum atomic E-state index is 14.0. The minimum atomic E-state index is -0.471. The maximum Gasteiger partial charge on any atom is 0.207 e. The highest BCUT2D eigenvalue weighted by atomic mass is 35.5. The van der Waals surface area contributed by atoms with Gasteiger partial charge in [0.2, 0.25) is 5.95 Å². The number of hydrogen-bond acceptors (Lipinski definition) is 3. The molecule has 2 N–H and O–H groups in total. The lowest BCUT2D eigenvalue weighted by molar-refractivity contribution is 0.620. The van der Waals surface area contributed by atoms with E-state index in [1.165, 1.54) is 16.7 Å². The third-order valence-electron chi connectivity index (χ3n) is 2.83. The summed E-state index contributed by atoms with van der Waals surface area (Å²) in [7, 11) is 0. The van der Waals surface area contributed by atoms with Gasteiger partial charge in [-0.2, -0.15) is 0 Å². The highest BCUT2D eigenvalue weighted by molar-refractivity contribution is 6.32. The van der Waals surface area contributed by atoms with Crippen molar-refractivity contribution in [1.82, 2.24) is 14.5 Å². The second kappa shape index (κ2) is 4.20. The minimum Gasteiger partial charge on any atom is -0.369 e. The molecule has 0 unspecified atom stereocenters. The molecule has 0 bridgehead atoms. The number of para-hydroxylation sites is 1. The lowest BCUT2D eigenvalue weighted by Crippen LogP contribution is -2.04. The highest BCUT2D eigenvalue weighted by Gasteiger charge is 2.17. The summed E-state index contributed by atoms with van der Waals surface area (Å²) in [5.74, 6) is -0.318. The zero-order chi connectivity index (χ0) is 13.6. The fraction of sp³-hybridized carbons (Fsp3) is 0.0769. The first kappa shape index (κ1) is 11.9. The van der Waals surface area contributed by atoms with Crippen LogP contribution in [0.4, 0.5) is 10.3 Å². The van der Waals surface area contributed by atoms with Gasteiger partial charge in [-0.1, -0.05) is 17.7 Å². The summed E-state index contributed by atoms with van der Waals surface area (Å²) >= 11 is 6.06. The fourth-order valence-corrected chi connectivity index (χ4v) is 2.24. The smallest absolute Gasteiger partial charge is 0.207 e. The molecule has 3 aromatic rings. The number of anilines is 1. The summed E-state index contributed by atoms with van der Waals surface area (Å²) in [6.07, 6.45) is 0. The zero-order valence-electron chi connectivity index (χ0n) is 10.1. The second-order valence-corrected chi connectivity index (χ2v) is 4.58. The monoisotopic (exact) mass is 276 g/mol. The maximum absolute atomic E-state index is 14.0. The lowest BCUT2D eigenvalue weighted by atomic mass is 10.3. The highest BCUT2D eigenvalue weighted by Crippen LogP contribution is 2.29. The molecule has 0 spiro atoms. The molecule has 1 aromatic carbocycles. The molecule has 0 aliphatic carbocycles. The molecule has 96 valence electrons. The van der Waals surface area contributed by atoms with Crippen molar-refractivity contribution >= 4 is 28.7 Å². The molecule has 4 nitrogen and oxygen atoms in total. The van der Waals surface area contributed by atoms with E-state index in [0.29, 0.717) is 11.2 Å². The number of rotatable bonds is 1. The van der Waals surface area contributed by atoms with Crippen molar-refractivity contribution in [3.8, 4) is 5.69 Å². The number of fused-ring (bicyclic) bond motifs is 1.